The van der Waals surface area contributed by atoms with Crippen LogP contribution in [-0.4, -0.2) is 42.9 Å². The summed E-state index contributed by atoms with van der Waals surface area (Å²) >= 11 is 0. The van der Waals surface area contributed by atoms with E-state index in [0.29, 0.717) is 0 Å². The Morgan fingerprint density at radius 3 is 2.59 bits per heavy atom. The Hall–Kier alpha value is -1.75. The quantitative estimate of drug-likeness (QED) is 0.857. The number of nitrogens with zero attached hydrogens (tertiary/aromatic N) is 1. The Labute approximate surface area is 99.6 Å². The van der Waals surface area contributed by atoms with Crippen molar-refractivity contribution in [1.82, 2.24) is 4.90 Å². The smallest absolute Gasteiger partial charge is 0.410 e. The molecule has 1 N–H and O–H groups in total. The second kappa shape index (κ2) is 4.63. The molecule has 1 aliphatic heterocycles. The van der Waals surface area contributed by atoms with Crippen LogP contribution in [0.25, 0.3) is 0 Å². The zero-order valence-corrected chi connectivity index (χ0v) is 9.79. The van der Waals surface area contributed by atoms with Gasteiger partial charge in [0.1, 0.15) is 5.75 Å². The molecule has 2 unspecified atom stereocenters. The van der Waals surface area contributed by atoms with Crippen LogP contribution in [0.1, 0.15) is 11.7 Å². The largest absolute Gasteiger partial charge is 0.497 e. The van der Waals surface area contributed by atoms with Crippen LogP contribution in [0.2, 0.25) is 0 Å². The molecule has 0 saturated carbocycles. The highest BCUT2D eigenvalue weighted by atomic mass is 16.6. The molecule has 1 fully saturated rings. The van der Waals surface area contributed by atoms with Crippen molar-refractivity contribution < 1.29 is 19.4 Å². The number of cyclic esters (lactones) is 1. The maximum Gasteiger partial charge on any atom is 0.410 e. The molecular formula is C12H15NO4. The molecule has 5 nitrogen and oxygen atoms in total. The van der Waals surface area contributed by atoms with E-state index in [2.05, 4.69) is 0 Å². The summed E-state index contributed by atoms with van der Waals surface area (Å²) in [6.07, 6.45) is -0.840. The van der Waals surface area contributed by atoms with Gasteiger partial charge >= 0.3 is 6.09 Å². The lowest BCUT2D eigenvalue weighted by Crippen LogP contribution is -2.33. The number of amides is 1. The van der Waals surface area contributed by atoms with E-state index in [4.69, 9.17) is 9.47 Å². The van der Waals surface area contributed by atoms with Gasteiger partial charge in [-0.05, 0) is 17.7 Å². The molecule has 0 aromatic heterocycles. The third kappa shape index (κ3) is 2.06. The lowest BCUT2D eigenvalue weighted by molar-refractivity contribution is 0.118. The Morgan fingerprint density at radius 1 is 1.41 bits per heavy atom. The van der Waals surface area contributed by atoms with Gasteiger partial charge in [-0.25, -0.2) is 4.79 Å². The van der Waals surface area contributed by atoms with Crippen LogP contribution in [0.4, 0.5) is 4.79 Å². The first-order chi connectivity index (χ1) is 8.17. The summed E-state index contributed by atoms with van der Waals surface area (Å²) in [5, 5.41) is 9.29. The van der Waals surface area contributed by atoms with E-state index in [1.807, 2.05) is 12.1 Å². The summed E-state index contributed by atoms with van der Waals surface area (Å²) in [6.45, 7) is -0.126. The molecule has 92 valence electrons. The van der Waals surface area contributed by atoms with Crippen molar-refractivity contribution in [3.8, 4) is 5.75 Å². The summed E-state index contributed by atoms with van der Waals surface area (Å²) < 4.78 is 10.3. The van der Waals surface area contributed by atoms with Crippen LogP contribution >= 0.6 is 0 Å². The fourth-order valence-corrected chi connectivity index (χ4v) is 1.91. The SMILES string of the molecule is COc1ccc(C2OC(=O)N(C)C2CO)cc1. The molecule has 0 bridgehead atoms. The summed E-state index contributed by atoms with van der Waals surface area (Å²) in [5.41, 5.74) is 0.850. The number of ether oxygens (including phenoxy) is 2. The number of likely N-dealkylation sites (N-methyl/N-ethyl adjacent to an activating group) is 1. The van der Waals surface area contributed by atoms with E-state index in [1.54, 1.807) is 26.3 Å². The summed E-state index contributed by atoms with van der Waals surface area (Å²) in [7, 11) is 3.21. The summed E-state index contributed by atoms with van der Waals surface area (Å²) in [5.74, 6) is 0.743. The Bertz CT molecular complexity index is 403. The number of methoxy groups -OCH3 is 1. The van der Waals surface area contributed by atoms with E-state index >= 15 is 0 Å². The van der Waals surface area contributed by atoms with Crippen molar-refractivity contribution in [3.63, 3.8) is 0 Å². The number of aliphatic hydroxyl groups excluding tert-OH is 1. The molecule has 0 spiro atoms. The van der Waals surface area contributed by atoms with Crippen molar-refractivity contribution in [2.24, 2.45) is 0 Å². The highest BCUT2D eigenvalue weighted by Gasteiger charge is 2.39. The van der Waals surface area contributed by atoms with Gasteiger partial charge in [0.2, 0.25) is 0 Å². The lowest BCUT2D eigenvalue weighted by atomic mass is 10.0. The van der Waals surface area contributed by atoms with Crippen LogP contribution in [-0.2, 0) is 4.74 Å². The maximum absolute atomic E-state index is 11.4. The van der Waals surface area contributed by atoms with E-state index in [1.165, 1.54) is 4.90 Å². The number of hydrogen-bond donors (Lipinski definition) is 1. The number of benzene rings is 1. The van der Waals surface area contributed by atoms with Crippen molar-refractivity contribution in [2.45, 2.75) is 12.1 Å². The molecule has 1 aliphatic rings. The zero-order chi connectivity index (χ0) is 12.4. The fraction of sp³-hybridized carbons (Fsp3) is 0.417. The van der Waals surface area contributed by atoms with Crippen molar-refractivity contribution in [1.29, 1.82) is 0 Å². The number of rotatable bonds is 3. The normalized spacial score (nSPS) is 23.7. The standard InChI is InChI=1S/C12H15NO4/c1-13-10(7-14)11(17-12(13)15)8-3-5-9(16-2)6-4-8/h3-6,10-11,14H,7H2,1-2H3. The summed E-state index contributed by atoms with van der Waals surface area (Å²) in [6, 6.07) is 6.93. The first-order valence-electron chi connectivity index (χ1n) is 5.35. The van der Waals surface area contributed by atoms with E-state index < -0.39 is 12.2 Å². The van der Waals surface area contributed by atoms with Gasteiger partial charge in [0.15, 0.2) is 6.10 Å². The first-order valence-corrected chi connectivity index (χ1v) is 5.35. The molecule has 0 aliphatic carbocycles. The number of carbonyl (C=O) groups is 1. The molecule has 5 heteroatoms. The van der Waals surface area contributed by atoms with E-state index in [9.17, 15) is 9.90 Å². The molecule has 1 heterocycles. The Morgan fingerprint density at radius 2 is 2.06 bits per heavy atom. The van der Waals surface area contributed by atoms with Gasteiger partial charge in [-0.15, -0.1) is 0 Å². The number of carbonyl (C=O) groups excluding carboxylic acids is 1. The third-order valence-corrected chi connectivity index (χ3v) is 2.99. The number of hydrogen-bond acceptors (Lipinski definition) is 4. The topological polar surface area (TPSA) is 59.0 Å². The van der Waals surface area contributed by atoms with Crippen molar-refractivity contribution in [2.75, 3.05) is 20.8 Å². The monoisotopic (exact) mass is 237 g/mol. The zero-order valence-electron chi connectivity index (χ0n) is 9.79. The molecule has 0 radical (unpaired) electrons. The molecule has 2 atom stereocenters. The van der Waals surface area contributed by atoms with Gasteiger partial charge in [-0.2, -0.15) is 0 Å². The molecule has 17 heavy (non-hydrogen) atoms. The minimum atomic E-state index is -0.427. The predicted octanol–water partition coefficient (Wildman–Crippen LogP) is 1.18. The van der Waals surface area contributed by atoms with Crippen LogP contribution in [0.15, 0.2) is 24.3 Å². The third-order valence-electron chi connectivity index (χ3n) is 2.99. The summed E-state index contributed by atoms with van der Waals surface area (Å²) in [4.78, 5) is 12.8. The average Bonchev–Trinajstić information content (AvgIpc) is 2.65. The molecular weight excluding hydrogens is 222 g/mol. The lowest BCUT2D eigenvalue weighted by Gasteiger charge is -2.19. The minimum absolute atomic E-state index is 0.126. The van der Waals surface area contributed by atoms with Crippen LogP contribution in [0.5, 0.6) is 5.75 Å². The van der Waals surface area contributed by atoms with Gasteiger partial charge in [0.05, 0.1) is 19.8 Å². The molecule has 1 aromatic carbocycles. The van der Waals surface area contributed by atoms with Gasteiger partial charge in [0.25, 0.3) is 0 Å². The van der Waals surface area contributed by atoms with E-state index in [0.717, 1.165) is 11.3 Å². The molecule has 1 aromatic rings. The van der Waals surface area contributed by atoms with Gasteiger partial charge in [-0.1, -0.05) is 12.1 Å². The maximum atomic E-state index is 11.4. The Kier molecular flexibility index (Phi) is 3.19. The predicted molar refractivity (Wildman–Crippen MR) is 60.9 cm³/mol. The highest BCUT2D eigenvalue weighted by molar-refractivity contribution is 5.70. The molecule has 1 saturated heterocycles. The number of aliphatic hydroxyl groups is 1. The van der Waals surface area contributed by atoms with Crippen LogP contribution in [0, 0.1) is 0 Å². The van der Waals surface area contributed by atoms with Crippen molar-refractivity contribution >= 4 is 6.09 Å². The van der Waals surface area contributed by atoms with Crippen molar-refractivity contribution in [3.05, 3.63) is 29.8 Å². The van der Waals surface area contributed by atoms with E-state index in [-0.39, 0.29) is 12.6 Å². The molecule has 1 amide bonds. The first kappa shape index (κ1) is 11.7. The van der Waals surface area contributed by atoms with Gasteiger partial charge in [0, 0.05) is 7.05 Å². The highest BCUT2D eigenvalue weighted by Crippen LogP contribution is 2.31. The Balaban J connectivity index is 2.23. The van der Waals surface area contributed by atoms with Crippen LogP contribution in [0.3, 0.4) is 0 Å². The second-order valence-corrected chi connectivity index (χ2v) is 3.94. The fourth-order valence-electron chi connectivity index (χ4n) is 1.91. The van der Waals surface area contributed by atoms with Gasteiger partial charge in [-0.3, -0.25) is 0 Å². The minimum Gasteiger partial charge on any atom is -0.497 e. The van der Waals surface area contributed by atoms with Crippen LogP contribution < -0.4 is 4.74 Å². The van der Waals surface area contributed by atoms with Gasteiger partial charge < -0.3 is 19.5 Å². The average molecular weight is 237 g/mol. The second-order valence-electron chi connectivity index (χ2n) is 3.94. The molecule has 2 rings (SSSR count).